The first-order valence-corrected chi connectivity index (χ1v) is 5.65. The molecule has 1 nitrogen and oxygen atoms in total. The van der Waals surface area contributed by atoms with Gasteiger partial charge in [-0.1, -0.05) is 40.8 Å². The van der Waals surface area contributed by atoms with Gasteiger partial charge in [0.15, 0.2) is 0 Å². The van der Waals surface area contributed by atoms with E-state index in [4.69, 9.17) is 4.74 Å². The number of ether oxygens (including phenoxy) is 1. The Bertz CT molecular complexity index is 162. The molecule has 0 unspecified atom stereocenters. The van der Waals surface area contributed by atoms with Gasteiger partial charge in [-0.25, -0.2) is 0 Å². The molecule has 11 heavy (non-hydrogen) atoms. The molecule has 0 saturated heterocycles. The summed E-state index contributed by atoms with van der Waals surface area (Å²) >= 11 is 2.15. The molecule has 2 heteroatoms. The van der Waals surface area contributed by atoms with Gasteiger partial charge in [-0.3, -0.25) is 0 Å². The third-order valence-corrected chi connectivity index (χ3v) is 1.05. The molecule has 0 aliphatic heterocycles. The standard InChI is InChI=1S/C8H10O.CH3I/c1-2-9-8-6-4-3-5-7-8;1-2/h3-7H,2H2,1H3;1H3. The molecule has 0 aliphatic rings. The molecule has 0 heterocycles. The van der Waals surface area contributed by atoms with Crippen molar-refractivity contribution in [3.8, 4) is 5.75 Å². The second kappa shape index (κ2) is 7.85. The molecule has 0 saturated carbocycles. The van der Waals surface area contributed by atoms with Gasteiger partial charge in [0.05, 0.1) is 6.61 Å². The molecule has 0 N–H and O–H groups in total. The van der Waals surface area contributed by atoms with Crippen LogP contribution in [0.2, 0.25) is 0 Å². The SMILES string of the molecule is CCOc1ccccc1.CI. The maximum atomic E-state index is 5.21. The highest BCUT2D eigenvalue weighted by Crippen LogP contribution is 2.06. The van der Waals surface area contributed by atoms with E-state index in [1.807, 2.05) is 42.2 Å². The van der Waals surface area contributed by atoms with Crippen LogP contribution in [0.25, 0.3) is 0 Å². The van der Waals surface area contributed by atoms with Crippen molar-refractivity contribution in [2.75, 3.05) is 11.5 Å². The summed E-state index contributed by atoms with van der Waals surface area (Å²) in [5.74, 6) is 0.944. The summed E-state index contributed by atoms with van der Waals surface area (Å²) in [6.07, 6.45) is 0. The Morgan fingerprint density at radius 3 is 2.18 bits per heavy atom. The van der Waals surface area contributed by atoms with E-state index in [9.17, 15) is 0 Å². The minimum absolute atomic E-state index is 0.740. The number of para-hydroxylation sites is 1. The Morgan fingerprint density at radius 1 is 1.18 bits per heavy atom. The zero-order valence-electron chi connectivity index (χ0n) is 6.88. The highest BCUT2D eigenvalue weighted by molar-refractivity contribution is 14.1. The summed E-state index contributed by atoms with van der Waals surface area (Å²) in [6, 6.07) is 9.80. The molecule has 1 aromatic rings. The van der Waals surface area contributed by atoms with Gasteiger partial charge < -0.3 is 4.74 Å². The van der Waals surface area contributed by atoms with Crippen LogP contribution in [-0.4, -0.2) is 11.5 Å². The van der Waals surface area contributed by atoms with Crippen molar-refractivity contribution in [2.45, 2.75) is 6.92 Å². The number of halogens is 1. The van der Waals surface area contributed by atoms with Crippen molar-refractivity contribution in [3.05, 3.63) is 30.3 Å². The van der Waals surface area contributed by atoms with Gasteiger partial charge in [0, 0.05) is 0 Å². The van der Waals surface area contributed by atoms with Gasteiger partial charge in [0.25, 0.3) is 0 Å². The summed E-state index contributed by atoms with van der Waals surface area (Å²) in [6.45, 7) is 2.72. The first kappa shape index (κ1) is 10.8. The minimum atomic E-state index is 0.740. The predicted molar refractivity (Wildman–Crippen MR) is 57.6 cm³/mol. The van der Waals surface area contributed by atoms with Gasteiger partial charge >= 0.3 is 0 Å². The lowest BCUT2D eigenvalue weighted by molar-refractivity contribution is 0.340. The van der Waals surface area contributed by atoms with E-state index in [-0.39, 0.29) is 0 Å². The molecule has 0 atom stereocenters. The van der Waals surface area contributed by atoms with Gasteiger partial charge in [-0.15, -0.1) is 0 Å². The minimum Gasteiger partial charge on any atom is -0.494 e. The van der Waals surface area contributed by atoms with Gasteiger partial charge in [0.2, 0.25) is 0 Å². The van der Waals surface area contributed by atoms with Crippen molar-refractivity contribution in [2.24, 2.45) is 0 Å². The van der Waals surface area contributed by atoms with Crippen LogP contribution < -0.4 is 4.74 Å². The van der Waals surface area contributed by atoms with Crippen molar-refractivity contribution >= 4 is 22.6 Å². The van der Waals surface area contributed by atoms with Gasteiger partial charge in [0.1, 0.15) is 5.75 Å². The summed E-state index contributed by atoms with van der Waals surface area (Å²) in [5, 5.41) is 0. The lowest BCUT2D eigenvalue weighted by atomic mass is 10.3. The van der Waals surface area contributed by atoms with Crippen LogP contribution in [0.1, 0.15) is 6.92 Å². The average molecular weight is 264 g/mol. The second-order valence-corrected chi connectivity index (χ2v) is 1.75. The van der Waals surface area contributed by atoms with Crippen LogP contribution in [-0.2, 0) is 0 Å². The Kier molecular flexibility index (Phi) is 7.67. The fourth-order valence-electron chi connectivity index (χ4n) is 0.683. The summed E-state index contributed by atoms with van der Waals surface area (Å²) in [5.41, 5.74) is 0. The molecule has 0 aliphatic carbocycles. The van der Waals surface area contributed by atoms with E-state index in [1.54, 1.807) is 0 Å². The molecule has 0 radical (unpaired) electrons. The summed E-state index contributed by atoms with van der Waals surface area (Å²) in [7, 11) is 0. The van der Waals surface area contributed by atoms with E-state index < -0.39 is 0 Å². The molecule has 0 bridgehead atoms. The van der Waals surface area contributed by atoms with E-state index >= 15 is 0 Å². The van der Waals surface area contributed by atoms with E-state index in [1.165, 1.54) is 0 Å². The second-order valence-electron chi connectivity index (χ2n) is 1.75. The number of alkyl halides is 1. The predicted octanol–water partition coefficient (Wildman–Crippen LogP) is 3.14. The molecular formula is C9H13IO. The monoisotopic (exact) mass is 264 g/mol. The van der Waals surface area contributed by atoms with Crippen LogP contribution >= 0.6 is 22.6 Å². The fraction of sp³-hybridized carbons (Fsp3) is 0.333. The van der Waals surface area contributed by atoms with Crippen molar-refractivity contribution in [3.63, 3.8) is 0 Å². The largest absolute Gasteiger partial charge is 0.494 e. The highest BCUT2D eigenvalue weighted by atomic mass is 127. The Balaban J connectivity index is 0.000000461. The third kappa shape index (κ3) is 5.07. The Hall–Kier alpha value is -0.250. The first-order chi connectivity index (χ1) is 5.43. The molecule has 0 aromatic heterocycles. The maximum absolute atomic E-state index is 5.21. The molecule has 0 spiro atoms. The molecule has 0 fully saturated rings. The van der Waals surface area contributed by atoms with Crippen LogP contribution in [0.4, 0.5) is 0 Å². The number of hydrogen-bond donors (Lipinski definition) is 0. The smallest absolute Gasteiger partial charge is 0.119 e. The van der Waals surface area contributed by atoms with Crippen molar-refractivity contribution < 1.29 is 4.74 Å². The summed E-state index contributed by atoms with van der Waals surface area (Å²) < 4.78 is 5.21. The number of hydrogen-bond acceptors (Lipinski definition) is 1. The average Bonchev–Trinajstić information content (AvgIpc) is 2.11. The fourth-order valence-corrected chi connectivity index (χ4v) is 0.683. The Labute approximate surface area is 81.9 Å². The first-order valence-electron chi connectivity index (χ1n) is 3.49. The molecule has 0 amide bonds. The van der Waals surface area contributed by atoms with Crippen LogP contribution in [0.3, 0.4) is 0 Å². The molecule has 1 aromatic carbocycles. The van der Waals surface area contributed by atoms with Crippen molar-refractivity contribution in [1.29, 1.82) is 0 Å². The maximum Gasteiger partial charge on any atom is 0.119 e. The number of rotatable bonds is 2. The molecular weight excluding hydrogens is 251 g/mol. The Morgan fingerprint density at radius 2 is 1.73 bits per heavy atom. The topological polar surface area (TPSA) is 9.23 Å². The third-order valence-electron chi connectivity index (χ3n) is 1.05. The van der Waals surface area contributed by atoms with Crippen molar-refractivity contribution in [1.82, 2.24) is 0 Å². The molecule has 62 valence electrons. The van der Waals surface area contributed by atoms with Crippen LogP contribution in [0.5, 0.6) is 5.75 Å². The van der Waals surface area contributed by atoms with Gasteiger partial charge in [-0.2, -0.15) is 0 Å². The van der Waals surface area contributed by atoms with E-state index in [0.717, 1.165) is 12.4 Å². The van der Waals surface area contributed by atoms with Crippen LogP contribution in [0.15, 0.2) is 30.3 Å². The van der Waals surface area contributed by atoms with E-state index in [0.29, 0.717) is 0 Å². The van der Waals surface area contributed by atoms with Gasteiger partial charge in [-0.05, 0) is 24.0 Å². The zero-order valence-corrected chi connectivity index (χ0v) is 9.04. The van der Waals surface area contributed by atoms with Crippen LogP contribution in [0, 0.1) is 0 Å². The summed E-state index contributed by atoms with van der Waals surface area (Å²) in [4.78, 5) is 1.97. The quantitative estimate of drug-likeness (QED) is 0.589. The van der Waals surface area contributed by atoms with E-state index in [2.05, 4.69) is 22.6 Å². The zero-order chi connectivity index (χ0) is 8.53. The normalized spacial score (nSPS) is 7.91. The lowest BCUT2D eigenvalue weighted by Crippen LogP contribution is -1.89. The number of benzene rings is 1. The highest BCUT2D eigenvalue weighted by Gasteiger charge is 1.83. The lowest BCUT2D eigenvalue weighted by Gasteiger charge is -1.99. The molecule has 1 rings (SSSR count).